The van der Waals surface area contributed by atoms with Gasteiger partial charge in [-0.15, -0.1) is 0 Å². The van der Waals surface area contributed by atoms with Gasteiger partial charge in [0, 0.05) is 31.5 Å². The molecule has 1 heterocycles. The Kier molecular flexibility index (Phi) is 6.27. The maximum atomic E-state index is 5.33. The van der Waals surface area contributed by atoms with Crippen molar-refractivity contribution in [1.29, 1.82) is 0 Å². The minimum atomic E-state index is 0.731. The molecule has 4 heteroatoms. The maximum absolute atomic E-state index is 5.33. The number of hydrogen-bond donors (Lipinski definition) is 3. The summed E-state index contributed by atoms with van der Waals surface area (Å²) in [6.07, 6.45) is 5.04. The van der Waals surface area contributed by atoms with Crippen molar-refractivity contribution in [2.24, 2.45) is 0 Å². The van der Waals surface area contributed by atoms with Crippen LogP contribution in [0.3, 0.4) is 0 Å². The van der Waals surface area contributed by atoms with Crippen LogP contribution in [0, 0.1) is 0 Å². The summed E-state index contributed by atoms with van der Waals surface area (Å²) in [6.45, 7) is 7.10. The van der Waals surface area contributed by atoms with Crippen LogP contribution < -0.4 is 15.5 Å². The van der Waals surface area contributed by atoms with E-state index in [1.807, 2.05) is 0 Å². The van der Waals surface area contributed by atoms with Crippen molar-refractivity contribution >= 4 is 23.0 Å². The van der Waals surface area contributed by atoms with Gasteiger partial charge in [0.2, 0.25) is 0 Å². The SMILES string of the molecule is CCc1cccc(NC(=S)NCCC[NH+]2CCCC2)c1. The minimum Gasteiger partial charge on any atom is -0.362 e. The predicted molar refractivity (Wildman–Crippen MR) is 89.5 cm³/mol. The van der Waals surface area contributed by atoms with Crippen LogP contribution in [-0.2, 0) is 6.42 Å². The van der Waals surface area contributed by atoms with Crippen molar-refractivity contribution in [3.05, 3.63) is 29.8 Å². The van der Waals surface area contributed by atoms with E-state index in [-0.39, 0.29) is 0 Å². The summed E-state index contributed by atoms with van der Waals surface area (Å²) in [5, 5.41) is 7.29. The number of rotatable bonds is 6. The average molecular weight is 292 g/mol. The lowest BCUT2D eigenvalue weighted by Crippen LogP contribution is -3.10. The molecule has 1 aromatic carbocycles. The lowest BCUT2D eigenvalue weighted by molar-refractivity contribution is -0.887. The Bertz CT molecular complexity index is 427. The summed E-state index contributed by atoms with van der Waals surface area (Å²) in [4.78, 5) is 1.75. The molecule has 1 saturated heterocycles. The van der Waals surface area contributed by atoms with E-state index in [9.17, 15) is 0 Å². The second kappa shape index (κ2) is 8.22. The molecule has 1 aliphatic heterocycles. The lowest BCUT2D eigenvalue weighted by Gasteiger charge is -2.14. The van der Waals surface area contributed by atoms with Gasteiger partial charge >= 0.3 is 0 Å². The number of thiocarbonyl (C=S) groups is 1. The van der Waals surface area contributed by atoms with E-state index in [0.29, 0.717) is 0 Å². The van der Waals surface area contributed by atoms with E-state index in [1.165, 1.54) is 44.5 Å². The molecule has 0 aliphatic carbocycles. The van der Waals surface area contributed by atoms with Crippen molar-refractivity contribution in [2.45, 2.75) is 32.6 Å². The van der Waals surface area contributed by atoms with Crippen LogP contribution in [0.1, 0.15) is 31.7 Å². The van der Waals surface area contributed by atoms with Gasteiger partial charge in [0.1, 0.15) is 0 Å². The summed E-state index contributed by atoms with van der Waals surface area (Å²) < 4.78 is 0. The average Bonchev–Trinajstić information content (AvgIpc) is 2.97. The second-order valence-corrected chi connectivity index (χ2v) is 5.90. The van der Waals surface area contributed by atoms with Crippen molar-refractivity contribution < 1.29 is 4.90 Å². The smallest absolute Gasteiger partial charge is 0.170 e. The van der Waals surface area contributed by atoms with Gasteiger partial charge in [-0.1, -0.05) is 19.1 Å². The Morgan fingerprint density at radius 2 is 2.10 bits per heavy atom. The zero-order chi connectivity index (χ0) is 14.2. The number of nitrogens with one attached hydrogen (secondary N) is 3. The highest BCUT2D eigenvalue weighted by Crippen LogP contribution is 2.10. The number of anilines is 1. The molecule has 1 aromatic rings. The molecule has 0 bridgehead atoms. The number of likely N-dealkylation sites (tertiary alicyclic amines) is 1. The van der Waals surface area contributed by atoms with E-state index in [0.717, 1.165) is 23.8 Å². The van der Waals surface area contributed by atoms with E-state index in [2.05, 4.69) is 41.8 Å². The Labute approximate surface area is 127 Å². The first-order valence-corrected chi connectivity index (χ1v) is 8.16. The molecular weight excluding hydrogens is 266 g/mol. The number of benzene rings is 1. The molecule has 1 aliphatic rings. The predicted octanol–water partition coefficient (Wildman–Crippen LogP) is 1.60. The van der Waals surface area contributed by atoms with Crippen molar-refractivity contribution in [3.8, 4) is 0 Å². The van der Waals surface area contributed by atoms with Crippen LogP contribution >= 0.6 is 12.2 Å². The third kappa shape index (κ3) is 5.10. The number of aryl methyl sites for hydroxylation is 1. The fourth-order valence-corrected chi connectivity index (χ4v) is 2.93. The van der Waals surface area contributed by atoms with Gasteiger partial charge in [-0.05, 0) is 36.3 Å². The van der Waals surface area contributed by atoms with Crippen LogP contribution in [0.2, 0.25) is 0 Å². The van der Waals surface area contributed by atoms with Crippen molar-refractivity contribution in [1.82, 2.24) is 5.32 Å². The zero-order valence-electron chi connectivity index (χ0n) is 12.4. The molecule has 3 N–H and O–H groups in total. The fourth-order valence-electron chi connectivity index (χ4n) is 2.71. The first-order valence-electron chi connectivity index (χ1n) is 7.75. The molecule has 0 amide bonds. The first kappa shape index (κ1) is 15.3. The summed E-state index contributed by atoms with van der Waals surface area (Å²) in [5.74, 6) is 0. The zero-order valence-corrected chi connectivity index (χ0v) is 13.2. The number of hydrogen-bond acceptors (Lipinski definition) is 1. The van der Waals surface area contributed by atoms with Gasteiger partial charge in [0.05, 0.1) is 19.6 Å². The Morgan fingerprint density at radius 3 is 2.85 bits per heavy atom. The first-order chi connectivity index (χ1) is 9.78. The molecule has 0 unspecified atom stereocenters. The third-order valence-electron chi connectivity index (χ3n) is 3.90. The quantitative estimate of drug-likeness (QED) is 0.549. The summed E-state index contributed by atoms with van der Waals surface area (Å²) >= 11 is 5.33. The van der Waals surface area contributed by atoms with E-state index < -0.39 is 0 Å². The molecule has 0 saturated carbocycles. The largest absolute Gasteiger partial charge is 0.362 e. The summed E-state index contributed by atoms with van der Waals surface area (Å²) in [7, 11) is 0. The molecule has 110 valence electrons. The topological polar surface area (TPSA) is 28.5 Å². The molecule has 0 spiro atoms. The molecule has 3 nitrogen and oxygen atoms in total. The standard InChI is InChI=1S/C16H25N3S/c1-2-14-7-5-8-15(13-14)18-16(20)17-9-6-12-19-10-3-4-11-19/h5,7-8,13H,2-4,6,9-12H2,1H3,(H2,17,18,20)/p+1. The van der Waals surface area contributed by atoms with Crippen molar-refractivity contribution in [2.75, 3.05) is 31.5 Å². The summed E-state index contributed by atoms with van der Waals surface area (Å²) in [6, 6.07) is 8.42. The highest BCUT2D eigenvalue weighted by molar-refractivity contribution is 7.80. The van der Waals surface area contributed by atoms with Crippen LogP contribution in [0.25, 0.3) is 0 Å². The van der Waals surface area contributed by atoms with Crippen LogP contribution in [-0.4, -0.2) is 31.3 Å². The molecule has 1 fully saturated rings. The normalized spacial score (nSPS) is 15.2. The molecular formula is C16H26N3S+. The third-order valence-corrected chi connectivity index (χ3v) is 4.14. The molecule has 2 rings (SSSR count). The van der Waals surface area contributed by atoms with Gasteiger partial charge in [-0.25, -0.2) is 0 Å². The lowest BCUT2D eigenvalue weighted by atomic mass is 10.1. The Hall–Kier alpha value is -1.13. The van der Waals surface area contributed by atoms with Crippen LogP contribution in [0.4, 0.5) is 5.69 Å². The van der Waals surface area contributed by atoms with E-state index >= 15 is 0 Å². The Balaban J connectivity index is 1.64. The van der Waals surface area contributed by atoms with Crippen molar-refractivity contribution in [3.63, 3.8) is 0 Å². The number of quaternary nitrogens is 1. The minimum absolute atomic E-state index is 0.731. The van der Waals surface area contributed by atoms with Gasteiger partial charge in [-0.3, -0.25) is 0 Å². The highest BCUT2D eigenvalue weighted by atomic mass is 32.1. The van der Waals surface area contributed by atoms with Crippen LogP contribution in [0.5, 0.6) is 0 Å². The van der Waals surface area contributed by atoms with Gasteiger partial charge < -0.3 is 15.5 Å². The van der Waals surface area contributed by atoms with E-state index in [1.54, 1.807) is 4.90 Å². The highest BCUT2D eigenvalue weighted by Gasteiger charge is 2.13. The second-order valence-electron chi connectivity index (χ2n) is 5.50. The fraction of sp³-hybridized carbons (Fsp3) is 0.562. The molecule has 0 atom stereocenters. The summed E-state index contributed by atoms with van der Waals surface area (Å²) in [5.41, 5.74) is 2.41. The van der Waals surface area contributed by atoms with Crippen LogP contribution in [0.15, 0.2) is 24.3 Å². The van der Waals surface area contributed by atoms with Gasteiger partial charge in [0.15, 0.2) is 5.11 Å². The Morgan fingerprint density at radius 1 is 1.30 bits per heavy atom. The van der Waals surface area contributed by atoms with E-state index in [4.69, 9.17) is 12.2 Å². The van der Waals surface area contributed by atoms with Gasteiger partial charge in [-0.2, -0.15) is 0 Å². The molecule has 0 radical (unpaired) electrons. The van der Waals surface area contributed by atoms with Gasteiger partial charge in [0.25, 0.3) is 0 Å². The maximum Gasteiger partial charge on any atom is 0.170 e. The molecule has 20 heavy (non-hydrogen) atoms. The molecule has 0 aromatic heterocycles. The monoisotopic (exact) mass is 292 g/mol.